The van der Waals surface area contributed by atoms with Crippen LogP contribution in [-0.4, -0.2) is 11.8 Å². The molecule has 0 heterocycles. The molecule has 0 spiro atoms. The van der Waals surface area contributed by atoms with Crippen molar-refractivity contribution in [3.8, 4) is 0 Å². The highest BCUT2D eigenvalue weighted by Gasteiger charge is 2.07. The molecule has 76 valence electrons. The molecule has 1 aromatic rings. The minimum Gasteiger partial charge on any atom is -0.349 e. The number of hydrogen-bond acceptors (Lipinski definition) is 1. The van der Waals surface area contributed by atoms with Crippen LogP contribution in [0.5, 0.6) is 0 Å². The van der Waals surface area contributed by atoms with Gasteiger partial charge in [-0.3, -0.25) is 4.79 Å². The van der Waals surface area contributed by atoms with Gasteiger partial charge < -0.3 is 5.32 Å². The second-order valence-electron chi connectivity index (χ2n) is 2.97. The highest BCUT2D eigenvalue weighted by molar-refractivity contribution is 6.27. The number of carbonyl (C=O) groups is 1. The monoisotopic (exact) mass is 215 g/mol. The van der Waals surface area contributed by atoms with Crippen LogP contribution in [0.3, 0.4) is 0 Å². The summed E-state index contributed by atoms with van der Waals surface area (Å²) < 4.78 is 12.6. The highest BCUT2D eigenvalue weighted by Crippen LogP contribution is 2.12. The Morgan fingerprint density at radius 2 is 2.07 bits per heavy atom. The largest absolute Gasteiger partial charge is 0.349 e. The molecule has 0 fully saturated rings. The lowest BCUT2D eigenvalue weighted by Gasteiger charge is -2.12. The third kappa shape index (κ3) is 3.00. The Hall–Kier alpha value is -1.09. The van der Waals surface area contributed by atoms with Crippen LogP contribution in [0.15, 0.2) is 24.3 Å². The number of benzene rings is 1. The summed E-state index contributed by atoms with van der Waals surface area (Å²) in [5, 5.41) is 2.67. The van der Waals surface area contributed by atoms with E-state index < -0.39 is 0 Å². The number of halogens is 2. The predicted molar refractivity (Wildman–Crippen MR) is 53.7 cm³/mol. The van der Waals surface area contributed by atoms with Gasteiger partial charge in [-0.25, -0.2) is 4.39 Å². The Morgan fingerprint density at radius 3 is 2.57 bits per heavy atom. The van der Waals surface area contributed by atoms with Crippen molar-refractivity contribution in [3.05, 3.63) is 35.6 Å². The van der Waals surface area contributed by atoms with E-state index in [0.717, 1.165) is 5.56 Å². The number of alkyl halides is 1. The fraction of sp³-hybridized carbons (Fsp3) is 0.300. The Labute approximate surface area is 87.1 Å². The van der Waals surface area contributed by atoms with E-state index in [2.05, 4.69) is 5.32 Å². The number of amides is 1. The van der Waals surface area contributed by atoms with Gasteiger partial charge in [0.05, 0.1) is 6.04 Å². The molecule has 2 nitrogen and oxygen atoms in total. The molecule has 0 aliphatic heterocycles. The van der Waals surface area contributed by atoms with Crippen LogP contribution in [0.1, 0.15) is 18.5 Å². The smallest absolute Gasteiger partial charge is 0.235 e. The van der Waals surface area contributed by atoms with Gasteiger partial charge in [0, 0.05) is 0 Å². The van der Waals surface area contributed by atoms with Gasteiger partial charge in [-0.15, -0.1) is 11.6 Å². The van der Waals surface area contributed by atoms with Gasteiger partial charge in [0.25, 0.3) is 0 Å². The molecule has 1 amide bonds. The van der Waals surface area contributed by atoms with Gasteiger partial charge in [-0.2, -0.15) is 0 Å². The van der Waals surface area contributed by atoms with Gasteiger partial charge in [0.1, 0.15) is 11.7 Å². The second-order valence-corrected chi connectivity index (χ2v) is 3.24. The molecule has 14 heavy (non-hydrogen) atoms. The topological polar surface area (TPSA) is 29.1 Å². The fourth-order valence-electron chi connectivity index (χ4n) is 1.11. The minimum absolute atomic E-state index is 0.0640. The minimum atomic E-state index is -0.287. The summed E-state index contributed by atoms with van der Waals surface area (Å²) in [5.74, 6) is -0.584. The van der Waals surface area contributed by atoms with Crippen molar-refractivity contribution in [1.29, 1.82) is 0 Å². The number of hydrogen-bond donors (Lipinski definition) is 1. The lowest BCUT2D eigenvalue weighted by Crippen LogP contribution is -2.27. The van der Waals surface area contributed by atoms with Crippen LogP contribution in [-0.2, 0) is 4.79 Å². The van der Waals surface area contributed by atoms with Crippen molar-refractivity contribution in [2.24, 2.45) is 0 Å². The van der Waals surface area contributed by atoms with Gasteiger partial charge in [0.2, 0.25) is 5.91 Å². The standard InChI is InChI=1S/C10H11ClFNO/c1-7(13-10(14)6-11)8-2-4-9(12)5-3-8/h2-5,7H,6H2,1H3,(H,13,14)/t7-/m0/s1. The molecule has 0 aliphatic carbocycles. The van der Waals surface area contributed by atoms with Crippen molar-refractivity contribution in [1.82, 2.24) is 5.32 Å². The van der Waals surface area contributed by atoms with E-state index in [4.69, 9.17) is 11.6 Å². The van der Waals surface area contributed by atoms with Crippen LogP contribution in [0, 0.1) is 5.82 Å². The summed E-state index contributed by atoms with van der Waals surface area (Å²) in [6.45, 7) is 1.82. The van der Waals surface area contributed by atoms with Crippen molar-refractivity contribution < 1.29 is 9.18 Å². The van der Waals surface area contributed by atoms with Crippen LogP contribution < -0.4 is 5.32 Å². The van der Waals surface area contributed by atoms with E-state index in [9.17, 15) is 9.18 Å². The van der Waals surface area contributed by atoms with Crippen molar-refractivity contribution >= 4 is 17.5 Å². The zero-order chi connectivity index (χ0) is 10.6. The second kappa shape index (κ2) is 4.96. The SMILES string of the molecule is C[C@H](NC(=O)CCl)c1ccc(F)cc1. The summed E-state index contributed by atoms with van der Waals surface area (Å²) in [5.41, 5.74) is 0.852. The average molecular weight is 216 g/mol. The normalized spacial score (nSPS) is 12.2. The molecule has 4 heteroatoms. The molecular weight excluding hydrogens is 205 g/mol. The van der Waals surface area contributed by atoms with Gasteiger partial charge in [0.15, 0.2) is 0 Å². The molecule has 0 saturated heterocycles. The van der Waals surface area contributed by atoms with Crippen molar-refractivity contribution in [2.75, 3.05) is 5.88 Å². The van der Waals surface area contributed by atoms with E-state index >= 15 is 0 Å². The summed E-state index contributed by atoms with van der Waals surface area (Å²) >= 11 is 5.34. The molecule has 1 N–H and O–H groups in total. The summed E-state index contributed by atoms with van der Waals surface area (Å²) in [7, 11) is 0. The first-order chi connectivity index (χ1) is 6.63. The quantitative estimate of drug-likeness (QED) is 0.770. The predicted octanol–water partition coefficient (Wildman–Crippen LogP) is 2.24. The Balaban J connectivity index is 2.65. The van der Waals surface area contributed by atoms with E-state index in [1.807, 2.05) is 6.92 Å². The Morgan fingerprint density at radius 1 is 1.50 bits per heavy atom. The first-order valence-corrected chi connectivity index (χ1v) is 4.77. The number of carbonyl (C=O) groups excluding carboxylic acids is 1. The molecule has 0 aliphatic rings. The van der Waals surface area contributed by atoms with E-state index in [0.29, 0.717) is 0 Å². The molecule has 0 saturated carbocycles. The first kappa shape index (κ1) is 11.0. The molecule has 1 aromatic carbocycles. The van der Waals surface area contributed by atoms with Crippen molar-refractivity contribution in [2.45, 2.75) is 13.0 Å². The Kier molecular flexibility index (Phi) is 3.89. The summed E-state index contributed by atoms with van der Waals surface area (Å²) in [6, 6.07) is 5.84. The van der Waals surface area contributed by atoms with Crippen LogP contribution in [0.4, 0.5) is 4.39 Å². The summed E-state index contributed by atoms with van der Waals surface area (Å²) in [4.78, 5) is 10.9. The third-order valence-corrected chi connectivity index (χ3v) is 2.11. The first-order valence-electron chi connectivity index (χ1n) is 4.24. The average Bonchev–Trinajstić information content (AvgIpc) is 2.18. The highest BCUT2D eigenvalue weighted by atomic mass is 35.5. The zero-order valence-electron chi connectivity index (χ0n) is 7.76. The number of nitrogens with one attached hydrogen (secondary N) is 1. The molecule has 0 bridgehead atoms. The summed E-state index contributed by atoms with van der Waals surface area (Å²) in [6.07, 6.45) is 0. The zero-order valence-corrected chi connectivity index (χ0v) is 8.51. The fourth-order valence-corrected chi connectivity index (χ4v) is 1.19. The molecule has 1 atom stereocenters. The number of rotatable bonds is 3. The molecule has 0 aromatic heterocycles. The third-order valence-electron chi connectivity index (χ3n) is 1.87. The molecule has 1 rings (SSSR count). The lowest BCUT2D eigenvalue weighted by molar-refractivity contribution is -0.119. The lowest BCUT2D eigenvalue weighted by atomic mass is 10.1. The van der Waals surface area contributed by atoms with Crippen molar-refractivity contribution in [3.63, 3.8) is 0 Å². The molecule has 0 radical (unpaired) electrons. The van der Waals surface area contributed by atoms with E-state index in [1.165, 1.54) is 12.1 Å². The molecule has 0 unspecified atom stereocenters. The Bertz CT molecular complexity index is 312. The van der Waals surface area contributed by atoms with Crippen LogP contribution in [0.2, 0.25) is 0 Å². The maximum Gasteiger partial charge on any atom is 0.235 e. The molecular formula is C10H11ClFNO. The van der Waals surface area contributed by atoms with E-state index in [-0.39, 0.29) is 23.6 Å². The van der Waals surface area contributed by atoms with Crippen LogP contribution >= 0.6 is 11.6 Å². The maximum atomic E-state index is 12.6. The van der Waals surface area contributed by atoms with Gasteiger partial charge in [-0.1, -0.05) is 12.1 Å². The van der Waals surface area contributed by atoms with Crippen LogP contribution in [0.25, 0.3) is 0 Å². The van der Waals surface area contributed by atoms with Gasteiger partial charge >= 0.3 is 0 Å². The maximum absolute atomic E-state index is 12.6. The van der Waals surface area contributed by atoms with Gasteiger partial charge in [-0.05, 0) is 24.6 Å². The van der Waals surface area contributed by atoms with E-state index in [1.54, 1.807) is 12.1 Å².